The Bertz CT molecular complexity index is 1090. The third-order valence-corrected chi connectivity index (χ3v) is 7.60. The van der Waals surface area contributed by atoms with Gasteiger partial charge in [-0.05, 0) is 45.2 Å². The van der Waals surface area contributed by atoms with Crippen molar-refractivity contribution < 1.29 is 36.2 Å². The van der Waals surface area contributed by atoms with Crippen molar-refractivity contribution in [1.29, 1.82) is 0 Å². The summed E-state index contributed by atoms with van der Waals surface area (Å²) in [6.07, 6.45) is -1.14. The number of aliphatic hydroxyl groups is 2. The maximum absolute atomic E-state index is 14.6. The predicted octanol–water partition coefficient (Wildman–Crippen LogP) is 3.66. The molecule has 1 aliphatic heterocycles. The van der Waals surface area contributed by atoms with E-state index in [2.05, 4.69) is 5.32 Å². The lowest BCUT2D eigenvalue weighted by molar-refractivity contribution is 0.125. The van der Waals surface area contributed by atoms with Gasteiger partial charge in [0.25, 0.3) is 0 Å². The average molecular weight is 476 g/mol. The molecule has 0 aliphatic carbocycles. The van der Waals surface area contributed by atoms with Crippen LogP contribution in [0.2, 0.25) is 0 Å². The Kier molecular flexibility index (Phi) is 6.85. The number of rotatable bonds is 5. The van der Waals surface area contributed by atoms with Crippen LogP contribution in [-0.4, -0.2) is 41.1 Å². The van der Waals surface area contributed by atoms with Gasteiger partial charge in [-0.25, -0.2) is 26.0 Å². The molecule has 0 bridgehead atoms. The summed E-state index contributed by atoms with van der Waals surface area (Å²) < 4.78 is 82.2. The second-order valence-corrected chi connectivity index (χ2v) is 10.2. The summed E-state index contributed by atoms with van der Waals surface area (Å²) in [6, 6.07) is 4.09. The van der Waals surface area contributed by atoms with E-state index in [9.17, 15) is 36.2 Å². The van der Waals surface area contributed by atoms with Crippen molar-refractivity contribution in [2.75, 3.05) is 11.9 Å². The van der Waals surface area contributed by atoms with Crippen LogP contribution in [0.4, 0.5) is 23.2 Å². The Morgan fingerprint density at radius 2 is 1.72 bits per heavy atom. The molecule has 2 atom stereocenters. The highest BCUT2D eigenvalue weighted by Crippen LogP contribution is 2.34. The molecule has 3 rings (SSSR count). The molecule has 1 fully saturated rings. The van der Waals surface area contributed by atoms with Crippen molar-refractivity contribution in [2.45, 2.75) is 55.9 Å². The van der Waals surface area contributed by atoms with Crippen molar-refractivity contribution in [2.24, 2.45) is 0 Å². The zero-order valence-electron chi connectivity index (χ0n) is 17.4. The third kappa shape index (κ3) is 4.90. The van der Waals surface area contributed by atoms with E-state index < -0.39 is 56.1 Å². The van der Waals surface area contributed by atoms with Gasteiger partial charge < -0.3 is 15.5 Å². The first-order valence-electron chi connectivity index (χ1n) is 9.92. The van der Waals surface area contributed by atoms with Crippen molar-refractivity contribution in [3.63, 3.8) is 0 Å². The van der Waals surface area contributed by atoms with Crippen LogP contribution in [0.25, 0.3) is 0 Å². The number of aliphatic hydroxyl groups excluding tert-OH is 2. The predicted molar refractivity (Wildman–Crippen MR) is 109 cm³/mol. The molecule has 2 aromatic rings. The van der Waals surface area contributed by atoms with Gasteiger partial charge in [0, 0.05) is 35.5 Å². The summed E-state index contributed by atoms with van der Waals surface area (Å²) in [5.74, 6) is -5.70. The monoisotopic (exact) mass is 476 g/mol. The highest BCUT2D eigenvalue weighted by molar-refractivity contribution is 7.89. The van der Waals surface area contributed by atoms with E-state index in [4.69, 9.17) is 0 Å². The van der Waals surface area contributed by atoms with Crippen LogP contribution in [0.1, 0.15) is 44.9 Å². The van der Waals surface area contributed by atoms with Crippen molar-refractivity contribution in [3.05, 3.63) is 59.2 Å². The standard InChI is InChI=1S/C21H24F4N2O4S/c1-21(2)7-3-4-14(28)11-27(21)32(30,31)18-8-12(5-6-15(18)22)20(29)26-13-9-16(23)19(25)17(24)10-13/h5-6,8-10,14,20,26,28-29H,3-4,7,11H2,1-2H3. The molecular formula is C21H24F4N2O4S. The smallest absolute Gasteiger partial charge is 0.246 e. The molecular weight excluding hydrogens is 452 g/mol. The number of β-amino-alcohol motifs (C(OH)–C–C–N with tert-alkyl or cyclic N) is 1. The summed E-state index contributed by atoms with van der Waals surface area (Å²) in [7, 11) is -4.41. The van der Waals surface area contributed by atoms with Crippen LogP contribution < -0.4 is 5.32 Å². The topological polar surface area (TPSA) is 89.9 Å². The number of halogens is 4. The summed E-state index contributed by atoms with van der Waals surface area (Å²) in [5, 5.41) is 22.8. The highest BCUT2D eigenvalue weighted by Gasteiger charge is 2.41. The highest BCUT2D eigenvalue weighted by atomic mass is 32.2. The molecule has 1 heterocycles. The summed E-state index contributed by atoms with van der Waals surface area (Å²) >= 11 is 0. The second-order valence-electron chi connectivity index (χ2n) is 8.39. The minimum atomic E-state index is -4.41. The van der Waals surface area contributed by atoms with Crippen molar-refractivity contribution in [1.82, 2.24) is 4.31 Å². The quantitative estimate of drug-likeness (QED) is 0.348. The Labute approximate surface area is 183 Å². The van der Waals surface area contributed by atoms with Crippen LogP contribution in [0.5, 0.6) is 0 Å². The number of hydrogen-bond acceptors (Lipinski definition) is 5. The molecule has 0 amide bonds. The van der Waals surface area contributed by atoms with Crippen LogP contribution in [0.15, 0.2) is 35.2 Å². The molecule has 32 heavy (non-hydrogen) atoms. The van der Waals surface area contributed by atoms with Crippen LogP contribution >= 0.6 is 0 Å². The molecule has 0 spiro atoms. The molecule has 0 radical (unpaired) electrons. The largest absolute Gasteiger partial charge is 0.392 e. The number of benzene rings is 2. The maximum Gasteiger partial charge on any atom is 0.246 e. The Morgan fingerprint density at radius 3 is 2.34 bits per heavy atom. The van der Waals surface area contributed by atoms with E-state index >= 15 is 0 Å². The SMILES string of the molecule is CC1(C)CCCC(O)CN1S(=O)(=O)c1cc(C(O)Nc2cc(F)c(F)c(F)c2)ccc1F. The van der Waals surface area contributed by atoms with Gasteiger partial charge in [-0.2, -0.15) is 4.31 Å². The minimum absolute atomic E-state index is 0.108. The fourth-order valence-electron chi connectivity index (χ4n) is 3.73. The van der Waals surface area contributed by atoms with Crippen molar-refractivity contribution in [3.8, 4) is 0 Å². The lowest BCUT2D eigenvalue weighted by Crippen LogP contribution is -2.49. The van der Waals surface area contributed by atoms with E-state index in [1.165, 1.54) is 0 Å². The first-order chi connectivity index (χ1) is 14.8. The molecule has 176 valence electrons. The third-order valence-electron chi connectivity index (χ3n) is 5.50. The number of sulfonamides is 1. The lowest BCUT2D eigenvalue weighted by atomic mass is 9.99. The number of anilines is 1. The second kappa shape index (κ2) is 8.97. The van der Waals surface area contributed by atoms with Gasteiger partial charge in [-0.15, -0.1) is 0 Å². The molecule has 3 N–H and O–H groups in total. The maximum atomic E-state index is 14.6. The van der Waals surface area contributed by atoms with Gasteiger partial charge >= 0.3 is 0 Å². The van der Waals surface area contributed by atoms with E-state index in [1.54, 1.807) is 13.8 Å². The summed E-state index contributed by atoms with van der Waals surface area (Å²) in [6.45, 7) is 3.14. The first kappa shape index (κ1) is 24.4. The number of nitrogens with one attached hydrogen (secondary N) is 1. The molecule has 1 saturated heterocycles. The molecule has 11 heteroatoms. The molecule has 2 unspecified atom stereocenters. The molecule has 0 saturated carbocycles. The van der Waals surface area contributed by atoms with E-state index in [1.807, 2.05) is 0 Å². The Balaban J connectivity index is 1.95. The average Bonchev–Trinajstić information content (AvgIpc) is 2.83. The van der Waals surface area contributed by atoms with Crippen LogP contribution in [0, 0.1) is 23.3 Å². The van der Waals surface area contributed by atoms with E-state index in [0.29, 0.717) is 31.4 Å². The van der Waals surface area contributed by atoms with E-state index in [0.717, 1.165) is 22.5 Å². The Morgan fingerprint density at radius 1 is 1.09 bits per heavy atom. The molecule has 1 aliphatic rings. The minimum Gasteiger partial charge on any atom is -0.392 e. The van der Waals surface area contributed by atoms with Gasteiger partial charge in [-0.3, -0.25) is 0 Å². The molecule has 2 aromatic carbocycles. The zero-order valence-corrected chi connectivity index (χ0v) is 18.3. The number of hydrogen-bond donors (Lipinski definition) is 3. The van der Waals surface area contributed by atoms with Gasteiger partial charge in [0.15, 0.2) is 23.7 Å². The lowest BCUT2D eigenvalue weighted by Gasteiger charge is -2.36. The number of nitrogens with zero attached hydrogens (tertiary/aromatic N) is 1. The first-order valence-corrected chi connectivity index (χ1v) is 11.4. The van der Waals surface area contributed by atoms with Gasteiger partial charge in [0.05, 0.1) is 6.10 Å². The van der Waals surface area contributed by atoms with Gasteiger partial charge in [0.1, 0.15) is 10.7 Å². The van der Waals surface area contributed by atoms with Crippen molar-refractivity contribution >= 4 is 15.7 Å². The Hall–Kier alpha value is -2.21. The van der Waals surface area contributed by atoms with E-state index in [-0.39, 0.29) is 17.8 Å². The zero-order chi connectivity index (χ0) is 23.8. The normalized spacial score (nSPS) is 20.6. The molecule has 6 nitrogen and oxygen atoms in total. The molecule has 0 aromatic heterocycles. The van der Waals surface area contributed by atoms with Gasteiger partial charge in [0.2, 0.25) is 10.0 Å². The summed E-state index contributed by atoms with van der Waals surface area (Å²) in [4.78, 5) is -0.713. The fraction of sp³-hybridized carbons (Fsp3) is 0.429. The summed E-state index contributed by atoms with van der Waals surface area (Å²) in [5.41, 5.74) is -1.30. The van der Waals surface area contributed by atoms with Gasteiger partial charge in [-0.1, -0.05) is 6.07 Å². The van der Waals surface area contributed by atoms with Crippen LogP contribution in [0.3, 0.4) is 0 Å². The fourth-order valence-corrected chi connectivity index (χ4v) is 5.68. The van der Waals surface area contributed by atoms with Crippen LogP contribution in [-0.2, 0) is 10.0 Å².